The molecule has 2 atom stereocenters. The Hall–Kier alpha value is -2.81. The van der Waals surface area contributed by atoms with E-state index in [-0.39, 0.29) is 22.9 Å². The van der Waals surface area contributed by atoms with Gasteiger partial charge in [-0.05, 0) is 24.3 Å². The smallest absolute Gasteiger partial charge is 0.173 e. The molecule has 2 aromatic carbocycles. The average Bonchev–Trinajstić information content (AvgIpc) is 2.92. The summed E-state index contributed by atoms with van der Waals surface area (Å²) >= 11 is 0. The fraction of sp³-hybridized carbons (Fsp3) is 0.320. The highest BCUT2D eigenvalue weighted by Crippen LogP contribution is 2.51. The lowest BCUT2D eigenvalue weighted by Gasteiger charge is -2.38. The Labute approximate surface area is 165 Å². The number of benzene rings is 2. The molecule has 2 aliphatic carbocycles. The van der Waals surface area contributed by atoms with Gasteiger partial charge in [-0.15, -0.1) is 0 Å². The Morgan fingerprint density at radius 1 is 0.929 bits per heavy atom. The topological polar surface area (TPSA) is 46.5 Å². The fourth-order valence-corrected chi connectivity index (χ4v) is 5.11. The molecular formula is C25H23NO2. The summed E-state index contributed by atoms with van der Waals surface area (Å²) in [6.07, 6.45) is 1.27. The molecule has 2 aromatic rings. The van der Waals surface area contributed by atoms with Crippen molar-refractivity contribution in [2.24, 2.45) is 16.3 Å². The van der Waals surface area contributed by atoms with E-state index in [9.17, 15) is 9.59 Å². The van der Waals surface area contributed by atoms with Crippen LogP contribution in [0.3, 0.4) is 0 Å². The maximum absolute atomic E-state index is 13.4. The first-order valence-electron chi connectivity index (χ1n) is 9.91. The third-order valence-corrected chi connectivity index (χ3v) is 6.24. The van der Waals surface area contributed by atoms with Gasteiger partial charge in [0.2, 0.25) is 0 Å². The van der Waals surface area contributed by atoms with E-state index in [0.717, 1.165) is 45.7 Å². The number of Topliss-reactive ketones (excluding diaryl/α,β-unsaturated/α-hetero) is 2. The molecule has 140 valence electrons. The van der Waals surface area contributed by atoms with Crippen LogP contribution < -0.4 is 0 Å². The summed E-state index contributed by atoms with van der Waals surface area (Å²) in [7, 11) is 0. The molecule has 0 fully saturated rings. The van der Waals surface area contributed by atoms with Gasteiger partial charge in [0.1, 0.15) is 0 Å². The largest absolute Gasteiger partial charge is 0.294 e. The highest BCUT2D eigenvalue weighted by Gasteiger charge is 2.50. The van der Waals surface area contributed by atoms with Crippen LogP contribution in [-0.2, 0) is 4.79 Å². The number of fused-ring (bicyclic) bond motifs is 3. The van der Waals surface area contributed by atoms with E-state index in [1.807, 2.05) is 43.3 Å². The molecule has 0 saturated carbocycles. The van der Waals surface area contributed by atoms with Crippen LogP contribution in [0.1, 0.15) is 59.7 Å². The molecule has 0 spiro atoms. The average molecular weight is 369 g/mol. The highest BCUT2D eigenvalue weighted by molar-refractivity contribution is 6.30. The molecule has 0 bridgehead atoms. The van der Waals surface area contributed by atoms with Gasteiger partial charge in [-0.25, -0.2) is 0 Å². The van der Waals surface area contributed by atoms with Crippen molar-refractivity contribution in [1.82, 2.24) is 0 Å². The lowest BCUT2D eigenvalue weighted by atomic mass is 9.66. The van der Waals surface area contributed by atoms with E-state index in [1.165, 1.54) is 0 Å². The SMILES string of the molecule is Cc1cccc([C@@H]2C3=C(CC(C)(C)CC3=O)N=C3c4ccccc4C(=O)[C@H]32)c1. The van der Waals surface area contributed by atoms with Crippen molar-refractivity contribution < 1.29 is 9.59 Å². The Balaban J connectivity index is 1.78. The molecule has 0 amide bonds. The summed E-state index contributed by atoms with van der Waals surface area (Å²) in [6.45, 7) is 6.29. The molecule has 1 aliphatic heterocycles. The first kappa shape index (κ1) is 17.3. The lowest BCUT2D eigenvalue weighted by molar-refractivity contribution is -0.118. The number of ketones is 2. The van der Waals surface area contributed by atoms with Crippen LogP contribution in [-0.4, -0.2) is 17.3 Å². The van der Waals surface area contributed by atoms with Gasteiger partial charge in [-0.1, -0.05) is 67.9 Å². The van der Waals surface area contributed by atoms with E-state index >= 15 is 0 Å². The quantitative estimate of drug-likeness (QED) is 0.707. The van der Waals surface area contributed by atoms with Gasteiger partial charge in [-0.3, -0.25) is 14.6 Å². The van der Waals surface area contributed by atoms with Gasteiger partial charge < -0.3 is 0 Å². The van der Waals surface area contributed by atoms with Crippen molar-refractivity contribution in [3.8, 4) is 0 Å². The second kappa shape index (κ2) is 5.84. The number of hydrogen-bond acceptors (Lipinski definition) is 3. The minimum atomic E-state index is -0.400. The van der Waals surface area contributed by atoms with Crippen LogP contribution in [0.4, 0.5) is 0 Å². The summed E-state index contributed by atoms with van der Waals surface area (Å²) in [4.78, 5) is 31.6. The van der Waals surface area contributed by atoms with Crippen molar-refractivity contribution in [2.75, 3.05) is 0 Å². The van der Waals surface area contributed by atoms with Crippen LogP contribution in [0.15, 0.2) is 64.8 Å². The van der Waals surface area contributed by atoms with E-state index in [4.69, 9.17) is 4.99 Å². The number of aliphatic imine (C=N–C) groups is 1. The third-order valence-electron chi connectivity index (χ3n) is 6.24. The molecule has 1 heterocycles. The van der Waals surface area contributed by atoms with Crippen LogP contribution in [0.5, 0.6) is 0 Å². The van der Waals surface area contributed by atoms with Crippen molar-refractivity contribution >= 4 is 17.3 Å². The number of carbonyl (C=O) groups is 2. The minimum Gasteiger partial charge on any atom is -0.294 e. The molecule has 0 radical (unpaired) electrons. The Morgan fingerprint density at radius 2 is 1.68 bits per heavy atom. The van der Waals surface area contributed by atoms with Gasteiger partial charge in [-0.2, -0.15) is 0 Å². The van der Waals surface area contributed by atoms with E-state index < -0.39 is 5.92 Å². The predicted octanol–water partition coefficient (Wildman–Crippen LogP) is 5.04. The number of nitrogens with zero attached hydrogens (tertiary/aromatic N) is 1. The van der Waals surface area contributed by atoms with Gasteiger partial charge in [0.25, 0.3) is 0 Å². The Morgan fingerprint density at radius 3 is 2.43 bits per heavy atom. The monoisotopic (exact) mass is 369 g/mol. The third kappa shape index (κ3) is 2.46. The van der Waals surface area contributed by atoms with Crippen LogP contribution in [0.2, 0.25) is 0 Å². The molecule has 0 unspecified atom stereocenters. The normalized spacial score (nSPS) is 25.2. The first-order chi connectivity index (χ1) is 13.4. The van der Waals surface area contributed by atoms with E-state index in [2.05, 4.69) is 26.0 Å². The summed E-state index contributed by atoms with van der Waals surface area (Å²) in [6, 6.07) is 16.0. The second-order valence-electron chi connectivity index (χ2n) is 9.08. The van der Waals surface area contributed by atoms with Crippen LogP contribution in [0.25, 0.3) is 0 Å². The molecule has 3 heteroatoms. The van der Waals surface area contributed by atoms with Gasteiger partial charge >= 0.3 is 0 Å². The summed E-state index contributed by atoms with van der Waals surface area (Å²) in [5.74, 6) is -0.414. The summed E-state index contributed by atoms with van der Waals surface area (Å²) in [5, 5.41) is 0. The molecule has 28 heavy (non-hydrogen) atoms. The zero-order chi connectivity index (χ0) is 19.6. The number of hydrogen-bond donors (Lipinski definition) is 0. The van der Waals surface area contributed by atoms with Gasteiger partial charge in [0, 0.05) is 34.7 Å². The lowest BCUT2D eigenvalue weighted by Crippen LogP contribution is -2.37. The molecule has 0 N–H and O–H groups in total. The van der Waals surface area contributed by atoms with Crippen molar-refractivity contribution in [3.63, 3.8) is 0 Å². The van der Waals surface area contributed by atoms with Crippen molar-refractivity contribution in [1.29, 1.82) is 0 Å². The van der Waals surface area contributed by atoms with Crippen molar-refractivity contribution in [2.45, 2.75) is 39.5 Å². The zero-order valence-electron chi connectivity index (χ0n) is 16.5. The predicted molar refractivity (Wildman–Crippen MR) is 110 cm³/mol. The first-order valence-corrected chi connectivity index (χ1v) is 9.91. The standard InChI is InChI=1S/C25H23NO2/c1-14-7-6-8-15(11-14)20-21-18(12-25(2,3)13-19(21)27)26-23-16-9-4-5-10-17(16)24(28)22(20)23/h4-11,20,22H,12-13H2,1-3H3/t20-,22+/m1/s1. The Kier molecular flexibility index (Phi) is 3.61. The number of carbonyl (C=O) groups excluding carboxylic acids is 2. The second-order valence-corrected chi connectivity index (χ2v) is 9.08. The molecular weight excluding hydrogens is 346 g/mol. The number of aryl methyl sites for hydroxylation is 1. The molecule has 3 nitrogen and oxygen atoms in total. The highest BCUT2D eigenvalue weighted by atomic mass is 16.1. The maximum Gasteiger partial charge on any atom is 0.173 e. The fourth-order valence-electron chi connectivity index (χ4n) is 5.11. The Bertz CT molecular complexity index is 1100. The van der Waals surface area contributed by atoms with Gasteiger partial charge in [0.15, 0.2) is 11.6 Å². The van der Waals surface area contributed by atoms with E-state index in [1.54, 1.807) is 0 Å². The summed E-state index contributed by atoms with van der Waals surface area (Å²) < 4.78 is 0. The van der Waals surface area contributed by atoms with E-state index in [0.29, 0.717) is 6.42 Å². The maximum atomic E-state index is 13.4. The molecule has 0 aromatic heterocycles. The zero-order valence-corrected chi connectivity index (χ0v) is 16.5. The van der Waals surface area contributed by atoms with Crippen LogP contribution in [0, 0.1) is 18.3 Å². The van der Waals surface area contributed by atoms with Crippen LogP contribution >= 0.6 is 0 Å². The molecule has 3 aliphatic rings. The van der Waals surface area contributed by atoms with Crippen molar-refractivity contribution in [3.05, 3.63) is 82.1 Å². The van der Waals surface area contributed by atoms with Gasteiger partial charge in [0.05, 0.1) is 11.6 Å². The summed E-state index contributed by atoms with van der Waals surface area (Å²) in [5.41, 5.74) is 6.22. The number of rotatable bonds is 1. The minimum absolute atomic E-state index is 0.0880. The molecule has 0 saturated heterocycles. The molecule has 5 rings (SSSR count). The number of allylic oxidation sites excluding steroid dienone is 2.